The van der Waals surface area contributed by atoms with Gasteiger partial charge in [0, 0.05) is 0 Å². The molecule has 0 aliphatic heterocycles. The molecule has 1 unspecified atom stereocenters. The van der Waals surface area contributed by atoms with Crippen molar-refractivity contribution < 1.29 is 0 Å². The molecule has 0 nitrogen and oxygen atoms in total. The van der Waals surface area contributed by atoms with Crippen LogP contribution in [0.15, 0.2) is 24.3 Å². The van der Waals surface area contributed by atoms with E-state index in [0.717, 1.165) is 6.42 Å². The van der Waals surface area contributed by atoms with Crippen LogP contribution in [0.1, 0.15) is 182 Å². The highest BCUT2D eigenvalue weighted by Crippen LogP contribution is 2.48. The molecule has 0 heterocycles. The van der Waals surface area contributed by atoms with Crippen molar-refractivity contribution in [1.82, 2.24) is 0 Å². The summed E-state index contributed by atoms with van der Waals surface area (Å²) in [6.45, 7) is 45.6. The summed E-state index contributed by atoms with van der Waals surface area (Å²) < 4.78 is 0. The summed E-state index contributed by atoms with van der Waals surface area (Å²) in [6.07, 6.45) is 1.05. The number of hydrogen-bond donors (Lipinski definition) is 0. The molecule has 0 N–H and O–H groups in total. The Morgan fingerprint density at radius 2 is 0.795 bits per heavy atom. The number of hydrogen-bond acceptors (Lipinski definition) is 0. The smallest absolute Gasteiger partial charge is 0.0126 e. The van der Waals surface area contributed by atoms with E-state index in [1.54, 1.807) is 16.7 Å². The second kappa shape index (κ2) is 10.4. The minimum Gasteiger partial charge on any atom is -0.0587 e. The SMILES string of the molecule is CC(Cc1ccc(C(C)(C)C)c(C(C)(C)C)c1)c1c(C(C)(C)C)c(C(C)(C)C)cc(C(C)(C)C)c1C(C)(C)C. The average Bonchev–Trinajstić information content (AvgIpc) is 2.67. The minimum atomic E-state index is 0.0509. The quantitative estimate of drug-likeness (QED) is 0.369. The van der Waals surface area contributed by atoms with E-state index in [1.165, 1.54) is 27.8 Å². The molecule has 0 saturated carbocycles. The molecule has 2 aromatic carbocycles. The Balaban J connectivity index is 3.00. The predicted octanol–water partition coefficient (Wildman–Crippen LogP) is 11.8. The highest BCUT2D eigenvalue weighted by Gasteiger charge is 2.38. The fraction of sp³-hybridized carbons (Fsp3) is 0.692. The average molecular weight is 533 g/mol. The first-order chi connectivity index (χ1) is 17.1. The lowest BCUT2D eigenvalue weighted by Crippen LogP contribution is -2.32. The van der Waals surface area contributed by atoms with Gasteiger partial charge in [0.05, 0.1) is 0 Å². The van der Waals surface area contributed by atoms with Crippen molar-refractivity contribution in [2.24, 2.45) is 0 Å². The zero-order valence-electron chi connectivity index (χ0n) is 29.6. The Labute approximate surface area is 244 Å². The van der Waals surface area contributed by atoms with Crippen molar-refractivity contribution in [3.8, 4) is 0 Å². The van der Waals surface area contributed by atoms with Crippen LogP contribution in [0.3, 0.4) is 0 Å². The van der Waals surface area contributed by atoms with E-state index in [9.17, 15) is 0 Å². The highest BCUT2D eigenvalue weighted by molar-refractivity contribution is 5.57. The van der Waals surface area contributed by atoms with E-state index in [4.69, 9.17) is 0 Å². The standard InChI is InChI=1S/C39H64/c1-25(22-26-20-21-27(34(2,3)4)28(23-26)35(5,6)7)31-32(38(14,15)16)29(36(8,9)10)24-30(37(11,12)13)33(31)39(17,18)19/h20-21,23-25H,22H2,1-19H3. The lowest BCUT2D eigenvalue weighted by atomic mass is 9.63. The van der Waals surface area contributed by atoms with Crippen LogP contribution in [-0.4, -0.2) is 0 Å². The fourth-order valence-corrected chi connectivity index (χ4v) is 6.44. The van der Waals surface area contributed by atoms with Gasteiger partial charge in [0.15, 0.2) is 0 Å². The third-order valence-corrected chi connectivity index (χ3v) is 8.22. The van der Waals surface area contributed by atoms with E-state index in [1.807, 2.05) is 0 Å². The molecule has 0 radical (unpaired) electrons. The minimum absolute atomic E-state index is 0.0509. The molecule has 0 heteroatoms. The van der Waals surface area contributed by atoms with Crippen molar-refractivity contribution >= 4 is 0 Å². The van der Waals surface area contributed by atoms with Gasteiger partial charge in [-0.1, -0.05) is 156 Å². The molecule has 0 fully saturated rings. The van der Waals surface area contributed by atoms with Crippen LogP contribution in [0, 0.1) is 0 Å². The van der Waals surface area contributed by atoms with E-state index in [0.29, 0.717) is 5.92 Å². The van der Waals surface area contributed by atoms with Crippen LogP contribution in [0.4, 0.5) is 0 Å². The van der Waals surface area contributed by atoms with Crippen LogP contribution in [0.5, 0.6) is 0 Å². The summed E-state index contributed by atoms with van der Waals surface area (Å²) in [6, 6.07) is 9.96. The highest BCUT2D eigenvalue weighted by atomic mass is 14.4. The van der Waals surface area contributed by atoms with Gasteiger partial charge in [-0.2, -0.15) is 0 Å². The van der Waals surface area contributed by atoms with Crippen molar-refractivity contribution in [2.75, 3.05) is 0 Å². The van der Waals surface area contributed by atoms with Crippen molar-refractivity contribution in [1.29, 1.82) is 0 Å². The zero-order valence-corrected chi connectivity index (χ0v) is 29.6. The molecule has 2 rings (SSSR count). The maximum Gasteiger partial charge on any atom is -0.0126 e. The summed E-state index contributed by atoms with van der Waals surface area (Å²) in [7, 11) is 0. The monoisotopic (exact) mass is 533 g/mol. The van der Waals surface area contributed by atoms with Gasteiger partial charge in [-0.3, -0.25) is 0 Å². The maximum atomic E-state index is 2.59. The van der Waals surface area contributed by atoms with Gasteiger partial charge in [0.1, 0.15) is 0 Å². The molecular formula is C39H64. The lowest BCUT2D eigenvalue weighted by molar-refractivity contribution is 0.483. The molecule has 0 aliphatic rings. The molecule has 220 valence electrons. The maximum absolute atomic E-state index is 2.59. The van der Waals surface area contributed by atoms with E-state index >= 15 is 0 Å². The van der Waals surface area contributed by atoms with Gasteiger partial charge in [0.2, 0.25) is 0 Å². The van der Waals surface area contributed by atoms with Gasteiger partial charge in [-0.05, 0) is 89.3 Å². The summed E-state index contributed by atoms with van der Waals surface area (Å²) in [4.78, 5) is 0. The topological polar surface area (TPSA) is 0 Å². The molecule has 39 heavy (non-hydrogen) atoms. The van der Waals surface area contributed by atoms with Crippen LogP contribution in [-0.2, 0) is 38.9 Å². The molecule has 2 aromatic rings. The lowest BCUT2D eigenvalue weighted by Gasteiger charge is -2.42. The Hall–Kier alpha value is -1.56. The molecular weight excluding hydrogens is 468 g/mol. The van der Waals surface area contributed by atoms with Crippen LogP contribution >= 0.6 is 0 Å². The van der Waals surface area contributed by atoms with Gasteiger partial charge in [0.25, 0.3) is 0 Å². The third kappa shape index (κ3) is 7.59. The summed E-state index contributed by atoms with van der Waals surface area (Å²) in [5.41, 5.74) is 12.7. The van der Waals surface area contributed by atoms with E-state index < -0.39 is 0 Å². The van der Waals surface area contributed by atoms with Gasteiger partial charge in [-0.15, -0.1) is 0 Å². The van der Waals surface area contributed by atoms with Gasteiger partial charge in [-0.25, -0.2) is 0 Å². The Morgan fingerprint density at radius 1 is 0.436 bits per heavy atom. The first-order valence-electron chi connectivity index (χ1n) is 15.4. The van der Waals surface area contributed by atoms with E-state index in [2.05, 4.69) is 156 Å². The summed E-state index contributed by atoms with van der Waals surface area (Å²) in [5, 5.41) is 0. The van der Waals surface area contributed by atoms with Gasteiger partial charge >= 0.3 is 0 Å². The molecule has 0 spiro atoms. The van der Waals surface area contributed by atoms with Crippen LogP contribution in [0.25, 0.3) is 0 Å². The van der Waals surface area contributed by atoms with Crippen LogP contribution in [0.2, 0.25) is 0 Å². The number of benzene rings is 2. The molecule has 1 atom stereocenters. The Morgan fingerprint density at radius 3 is 1.10 bits per heavy atom. The summed E-state index contributed by atoms with van der Waals surface area (Å²) in [5.74, 6) is 0.408. The first-order valence-corrected chi connectivity index (χ1v) is 15.4. The van der Waals surface area contributed by atoms with Crippen LogP contribution < -0.4 is 0 Å². The summed E-state index contributed by atoms with van der Waals surface area (Å²) >= 11 is 0. The Bertz CT molecular complexity index is 1110. The van der Waals surface area contributed by atoms with Crippen molar-refractivity contribution in [3.05, 3.63) is 68.8 Å². The van der Waals surface area contributed by atoms with E-state index in [-0.39, 0.29) is 32.5 Å². The van der Waals surface area contributed by atoms with Crippen molar-refractivity contribution in [2.45, 2.75) is 176 Å². The molecule has 0 bridgehead atoms. The fourth-order valence-electron chi connectivity index (χ4n) is 6.44. The third-order valence-electron chi connectivity index (χ3n) is 8.22. The predicted molar refractivity (Wildman–Crippen MR) is 177 cm³/mol. The molecule has 0 amide bonds. The molecule has 0 aromatic heterocycles. The van der Waals surface area contributed by atoms with Gasteiger partial charge < -0.3 is 0 Å². The largest absolute Gasteiger partial charge is 0.0587 e. The zero-order chi connectivity index (χ0) is 30.7. The molecule has 0 saturated heterocycles. The second-order valence-electron chi connectivity index (χ2n) is 18.6. The second-order valence-corrected chi connectivity index (χ2v) is 18.6. The van der Waals surface area contributed by atoms with Crippen molar-refractivity contribution in [3.63, 3.8) is 0 Å². The Kier molecular flexibility index (Phi) is 8.94. The normalized spacial score (nSPS) is 15.1. The first kappa shape index (κ1) is 33.6. The number of rotatable bonds is 3. The molecule has 0 aliphatic carbocycles.